The molecule has 0 aliphatic carbocycles. The van der Waals surface area contributed by atoms with E-state index in [1.807, 2.05) is 0 Å². The summed E-state index contributed by atoms with van der Waals surface area (Å²) >= 11 is 0. The van der Waals surface area contributed by atoms with Crippen molar-refractivity contribution in [2.45, 2.75) is 19.3 Å². The van der Waals surface area contributed by atoms with Crippen LogP contribution in [-0.4, -0.2) is 17.3 Å². The molecule has 0 aromatic carbocycles. The first-order valence-corrected chi connectivity index (χ1v) is 3.07. The van der Waals surface area contributed by atoms with Crippen molar-refractivity contribution < 1.29 is 9.90 Å². The van der Waals surface area contributed by atoms with Crippen LogP contribution in [0.1, 0.15) is 19.3 Å². The van der Waals surface area contributed by atoms with Crippen LogP contribution in [0, 0.1) is 5.41 Å². The van der Waals surface area contributed by atoms with Gasteiger partial charge >= 0.3 is 5.97 Å². The summed E-state index contributed by atoms with van der Waals surface area (Å²) in [6, 6.07) is 0. The Morgan fingerprint density at radius 1 is 1.60 bits per heavy atom. The molecule has 0 radical (unpaired) electrons. The van der Waals surface area contributed by atoms with Crippen LogP contribution in [-0.2, 0) is 4.79 Å². The van der Waals surface area contributed by atoms with Crippen molar-refractivity contribution in [3.8, 4) is 0 Å². The molecular weight excluding hydrogens is 130 g/mol. The molecule has 0 aliphatic rings. The molecule has 10 heavy (non-hydrogen) atoms. The number of hydrogen-bond acceptors (Lipinski definition) is 2. The topological polar surface area (TPSA) is 61.2 Å². The number of rotatable bonds is 5. The third-order valence-corrected chi connectivity index (χ3v) is 1.09. The van der Waals surface area contributed by atoms with E-state index in [-0.39, 0.29) is 6.42 Å². The Labute approximate surface area is 59.9 Å². The first kappa shape index (κ1) is 8.88. The van der Waals surface area contributed by atoms with Crippen LogP contribution in [0.3, 0.4) is 0 Å². The largest absolute Gasteiger partial charge is 0.481 e. The SMILES string of the molecule is C=C(C=N)CCCC(=O)O. The van der Waals surface area contributed by atoms with Crippen LogP contribution in [0.25, 0.3) is 0 Å². The molecule has 2 N–H and O–H groups in total. The summed E-state index contributed by atoms with van der Waals surface area (Å²) in [7, 11) is 0. The van der Waals surface area contributed by atoms with E-state index in [0.29, 0.717) is 18.4 Å². The first-order valence-electron chi connectivity index (χ1n) is 3.07. The van der Waals surface area contributed by atoms with Crippen LogP contribution in [0.5, 0.6) is 0 Å². The van der Waals surface area contributed by atoms with Crippen LogP contribution in [0.2, 0.25) is 0 Å². The van der Waals surface area contributed by atoms with Gasteiger partial charge in [0, 0.05) is 12.6 Å². The second-order valence-corrected chi connectivity index (χ2v) is 2.05. The van der Waals surface area contributed by atoms with Gasteiger partial charge in [0.05, 0.1) is 0 Å². The Balaban J connectivity index is 3.28. The van der Waals surface area contributed by atoms with Crippen LogP contribution < -0.4 is 0 Å². The first-order chi connectivity index (χ1) is 4.66. The number of hydrogen-bond donors (Lipinski definition) is 2. The number of aliphatic carboxylic acids is 1. The van der Waals surface area contributed by atoms with Crippen LogP contribution in [0.4, 0.5) is 0 Å². The highest BCUT2D eigenvalue weighted by Crippen LogP contribution is 2.01. The minimum Gasteiger partial charge on any atom is -0.481 e. The monoisotopic (exact) mass is 141 g/mol. The molecule has 0 unspecified atom stereocenters. The maximum atomic E-state index is 9.98. The average Bonchev–Trinajstić information content (AvgIpc) is 1.87. The van der Waals surface area contributed by atoms with Crippen molar-refractivity contribution >= 4 is 12.2 Å². The van der Waals surface area contributed by atoms with Gasteiger partial charge in [-0.1, -0.05) is 6.58 Å². The fraction of sp³-hybridized carbons (Fsp3) is 0.429. The second kappa shape index (κ2) is 4.73. The fourth-order valence-electron chi connectivity index (χ4n) is 0.539. The fourth-order valence-corrected chi connectivity index (χ4v) is 0.539. The third kappa shape index (κ3) is 5.03. The van der Waals surface area contributed by atoms with E-state index >= 15 is 0 Å². The highest BCUT2D eigenvalue weighted by atomic mass is 16.4. The number of carboxylic acids is 1. The lowest BCUT2D eigenvalue weighted by molar-refractivity contribution is -0.137. The van der Waals surface area contributed by atoms with Crippen molar-refractivity contribution in [2.24, 2.45) is 0 Å². The van der Waals surface area contributed by atoms with E-state index in [1.165, 1.54) is 0 Å². The van der Waals surface area contributed by atoms with Crippen molar-refractivity contribution in [3.63, 3.8) is 0 Å². The summed E-state index contributed by atoms with van der Waals surface area (Å²) in [5, 5.41) is 14.9. The maximum absolute atomic E-state index is 9.98. The van der Waals surface area contributed by atoms with Gasteiger partial charge in [-0.15, -0.1) is 0 Å². The molecule has 56 valence electrons. The minimum absolute atomic E-state index is 0.160. The molecule has 0 amide bonds. The maximum Gasteiger partial charge on any atom is 0.303 e. The summed E-state index contributed by atoms with van der Waals surface area (Å²) in [5.41, 5.74) is 0.682. The highest BCUT2D eigenvalue weighted by molar-refractivity contribution is 5.74. The zero-order valence-corrected chi connectivity index (χ0v) is 5.76. The van der Waals surface area contributed by atoms with Crippen molar-refractivity contribution in [2.75, 3.05) is 0 Å². The molecule has 0 spiro atoms. The molecule has 3 nitrogen and oxygen atoms in total. The molecule has 0 aliphatic heterocycles. The van der Waals surface area contributed by atoms with E-state index in [4.69, 9.17) is 10.5 Å². The Morgan fingerprint density at radius 2 is 2.20 bits per heavy atom. The van der Waals surface area contributed by atoms with Gasteiger partial charge in [-0.05, 0) is 18.4 Å². The lowest BCUT2D eigenvalue weighted by Gasteiger charge is -1.94. The predicted molar refractivity (Wildman–Crippen MR) is 39.4 cm³/mol. The standard InChI is InChI=1S/C7H11NO2/c1-6(5-8)3-2-4-7(9)10/h5,8H,1-4H2,(H,9,10). The molecule has 0 fully saturated rings. The van der Waals surface area contributed by atoms with E-state index < -0.39 is 5.97 Å². The van der Waals surface area contributed by atoms with Gasteiger partial charge in [-0.25, -0.2) is 0 Å². The Bertz CT molecular complexity index is 152. The Hall–Kier alpha value is -1.12. The normalized spacial score (nSPS) is 8.80. The lowest BCUT2D eigenvalue weighted by Crippen LogP contribution is -1.94. The van der Waals surface area contributed by atoms with Crippen molar-refractivity contribution in [1.82, 2.24) is 0 Å². The van der Waals surface area contributed by atoms with E-state index in [9.17, 15) is 4.79 Å². The van der Waals surface area contributed by atoms with Gasteiger partial charge in [0.2, 0.25) is 0 Å². The molecule has 0 aromatic rings. The van der Waals surface area contributed by atoms with E-state index in [2.05, 4.69) is 6.58 Å². The van der Waals surface area contributed by atoms with Gasteiger partial charge in [0.15, 0.2) is 0 Å². The van der Waals surface area contributed by atoms with Crippen molar-refractivity contribution in [3.05, 3.63) is 12.2 Å². The van der Waals surface area contributed by atoms with Crippen LogP contribution in [0.15, 0.2) is 12.2 Å². The van der Waals surface area contributed by atoms with Gasteiger partial charge in [-0.2, -0.15) is 0 Å². The predicted octanol–water partition coefficient (Wildman–Crippen LogP) is 1.45. The molecule has 0 heterocycles. The highest BCUT2D eigenvalue weighted by Gasteiger charge is 1.96. The summed E-state index contributed by atoms with van der Waals surface area (Å²) in [5.74, 6) is -0.794. The van der Waals surface area contributed by atoms with E-state index in [1.54, 1.807) is 0 Å². The summed E-state index contributed by atoms with van der Waals surface area (Å²) in [6.07, 6.45) is 2.49. The zero-order chi connectivity index (χ0) is 7.98. The summed E-state index contributed by atoms with van der Waals surface area (Å²) in [6.45, 7) is 3.53. The second-order valence-electron chi connectivity index (χ2n) is 2.05. The quantitative estimate of drug-likeness (QED) is 0.569. The molecular formula is C7H11NO2. The van der Waals surface area contributed by atoms with Gasteiger partial charge in [0.25, 0.3) is 0 Å². The lowest BCUT2D eigenvalue weighted by atomic mass is 10.1. The van der Waals surface area contributed by atoms with E-state index in [0.717, 1.165) is 6.21 Å². The molecule has 0 rings (SSSR count). The number of allylic oxidation sites excluding steroid dienone is 1. The molecule has 0 bridgehead atoms. The molecule has 0 atom stereocenters. The number of nitrogens with one attached hydrogen (secondary N) is 1. The average molecular weight is 141 g/mol. The minimum atomic E-state index is -0.794. The Morgan fingerprint density at radius 3 is 2.60 bits per heavy atom. The molecule has 3 heteroatoms. The third-order valence-electron chi connectivity index (χ3n) is 1.09. The smallest absolute Gasteiger partial charge is 0.303 e. The Kier molecular flexibility index (Phi) is 4.20. The zero-order valence-electron chi connectivity index (χ0n) is 5.76. The van der Waals surface area contributed by atoms with Gasteiger partial charge in [0.1, 0.15) is 0 Å². The molecule has 0 aromatic heterocycles. The van der Waals surface area contributed by atoms with Crippen molar-refractivity contribution in [1.29, 1.82) is 5.41 Å². The van der Waals surface area contributed by atoms with Gasteiger partial charge < -0.3 is 10.5 Å². The number of carboxylic acid groups (broad SMARTS) is 1. The summed E-state index contributed by atoms with van der Waals surface area (Å²) < 4.78 is 0. The molecule has 0 saturated carbocycles. The van der Waals surface area contributed by atoms with Crippen LogP contribution >= 0.6 is 0 Å². The number of carbonyl (C=O) groups is 1. The summed E-state index contributed by atoms with van der Waals surface area (Å²) in [4.78, 5) is 9.98. The molecule has 0 saturated heterocycles. The van der Waals surface area contributed by atoms with Gasteiger partial charge in [-0.3, -0.25) is 4.79 Å².